The lowest BCUT2D eigenvalue weighted by atomic mass is 9.68. The summed E-state index contributed by atoms with van der Waals surface area (Å²) in [6.45, 7) is 4.55. The molecule has 4 atom stereocenters. The number of hydrogen-bond acceptors (Lipinski definition) is 3. The van der Waals surface area contributed by atoms with E-state index >= 15 is 0 Å². The maximum Gasteiger partial charge on any atom is 0.0629 e. The van der Waals surface area contributed by atoms with Crippen LogP contribution in [-0.2, 0) is 4.74 Å². The molecule has 14 heavy (non-hydrogen) atoms. The molecule has 1 saturated carbocycles. The Morgan fingerprint density at radius 2 is 1.79 bits per heavy atom. The van der Waals surface area contributed by atoms with Crippen molar-refractivity contribution in [1.29, 1.82) is 0 Å². The molecule has 3 rings (SSSR count). The fourth-order valence-corrected chi connectivity index (χ4v) is 8.22. The second-order valence-electron chi connectivity index (χ2n) is 5.01. The maximum absolute atomic E-state index is 6.01. The second kappa shape index (κ2) is 3.33. The third-order valence-corrected chi connectivity index (χ3v) is 7.91. The van der Waals surface area contributed by atoms with Crippen molar-refractivity contribution in [1.82, 2.24) is 0 Å². The van der Waals surface area contributed by atoms with E-state index in [-0.39, 0.29) is 0 Å². The van der Waals surface area contributed by atoms with Gasteiger partial charge in [0.15, 0.2) is 0 Å². The Labute approximate surface area is 94.1 Å². The van der Waals surface area contributed by atoms with Crippen LogP contribution in [0.1, 0.15) is 39.5 Å². The Bertz CT molecular complexity index is 227. The Kier molecular flexibility index (Phi) is 2.34. The molecule has 2 bridgehead atoms. The van der Waals surface area contributed by atoms with Gasteiger partial charge in [0.1, 0.15) is 0 Å². The monoisotopic (exact) mass is 230 g/mol. The van der Waals surface area contributed by atoms with Crippen molar-refractivity contribution in [2.24, 2.45) is 5.41 Å². The summed E-state index contributed by atoms with van der Waals surface area (Å²) in [5.74, 6) is 0. The van der Waals surface area contributed by atoms with Gasteiger partial charge < -0.3 is 4.74 Å². The zero-order valence-corrected chi connectivity index (χ0v) is 10.5. The summed E-state index contributed by atoms with van der Waals surface area (Å²) in [5, 5.41) is 1.76. The SMILES string of the molecule is CC1CC2(C(C)O1)C1CCCC2SS1. The van der Waals surface area contributed by atoms with Crippen molar-refractivity contribution in [3.8, 4) is 0 Å². The topological polar surface area (TPSA) is 9.23 Å². The fraction of sp³-hybridized carbons (Fsp3) is 1.00. The van der Waals surface area contributed by atoms with Crippen LogP contribution in [0, 0.1) is 5.41 Å². The van der Waals surface area contributed by atoms with E-state index in [2.05, 4.69) is 35.4 Å². The molecule has 2 aliphatic heterocycles. The van der Waals surface area contributed by atoms with Crippen LogP contribution in [0.5, 0.6) is 0 Å². The van der Waals surface area contributed by atoms with Crippen LogP contribution >= 0.6 is 21.6 Å². The van der Waals surface area contributed by atoms with Crippen LogP contribution in [0.2, 0.25) is 0 Å². The van der Waals surface area contributed by atoms with Gasteiger partial charge in [-0.25, -0.2) is 0 Å². The molecule has 3 fully saturated rings. The van der Waals surface area contributed by atoms with E-state index in [0.717, 1.165) is 10.5 Å². The number of rotatable bonds is 0. The van der Waals surface area contributed by atoms with Crippen LogP contribution in [0.15, 0.2) is 0 Å². The first-order valence-corrected chi connectivity index (χ1v) is 7.98. The van der Waals surface area contributed by atoms with Gasteiger partial charge in [0.25, 0.3) is 0 Å². The van der Waals surface area contributed by atoms with E-state index in [4.69, 9.17) is 4.74 Å². The van der Waals surface area contributed by atoms with E-state index in [0.29, 0.717) is 17.6 Å². The molecule has 1 nitrogen and oxygen atoms in total. The van der Waals surface area contributed by atoms with Gasteiger partial charge in [0.05, 0.1) is 12.2 Å². The Morgan fingerprint density at radius 3 is 2.29 bits per heavy atom. The first-order valence-electron chi connectivity index (χ1n) is 5.71. The van der Waals surface area contributed by atoms with Gasteiger partial charge in [-0.15, -0.1) is 0 Å². The minimum absolute atomic E-state index is 0.493. The van der Waals surface area contributed by atoms with Gasteiger partial charge in [-0.1, -0.05) is 28.0 Å². The van der Waals surface area contributed by atoms with Gasteiger partial charge in [-0.05, 0) is 33.1 Å². The summed E-state index contributed by atoms with van der Waals surface area (Å²) in [6.07, 6.45) is 6.59. The predicted molar refractivity (Wildman–Crippen MR) is 63.7 cm³/mol. The Morgan fingerprint density at radius 1 is 1.14 bits per heavy atom. The normalized spacial score (nSPS) is 57.0. The Balaban J connectivity index is 1.95. The summed E-state index contributed by atoms with van der Waals surface area (Å²) in [5.41, 5.74) is 0.535. The van der Waals surface area contributed by atoms with Gasteiger partial charge in [0, 0.05) is 15.9 Å². The molecule has 1 aliphatic carbocycles. The van der Waals surface area contributed by atoms with Crippen molar-refractivity contribution in [3.05, 3.63) is 0 Å². The van der Waals surface area contributed by atoms with E-state index in [9.17, 15) is 0 Å². The van der Waals surface area contributed by atoms with Crippen LogP contribution in [0.4, 0.5) is 0 Å². The van der Waals surface area contributed by atoms with E-state index in [1.165, 1.54) is 25.7 Å². The molecule has 2 heterocycles. The zero-order chi connectivity index (χ0) is 9.76. The first kappa shape index (κ1) is 9.86. The van der Waals surface area contributed by atoms with Gasteiger partial charge in [0.2, 0.25) is 0 Å². The van der Waals surface area contributed by atoms with Crippen LogP contribution < -0.4 is 0 Å². The van der Waals surface area contributed by atoms with Gasteiger partial charge in [-0.2, -0.15) is 0 Å². The Hall–Kier alpha value is 0.660. The average molecular weight is 230 g/mol. The molecular weight excluding hydrogens is 212 g/mol. The molecule has 0 aromatic rings. The number of ether oxygens (including phenoxy) is 1. The van der Waals surface area contributed by atoms with Crippen molar-refractivity contribution in [2.45, 2.75) is 62.2 Å². The highest BCUT2D eigenvalue weighted by Crippen LogP contribution is 2.66. The van der Waals surface area contributed by atoms with Crippen LogP contribution in [0.3, 0.4) is 0 Å². The van der Waals surface area contributed by atoms with Crippen LogP contribution in [-0.4, -0.2) is 22.7 Å². The molecule has 80 valence electrons. The highest BCUT2D eigenvalue weighted by Gasteiger charge is 2.60. The molecule has 0 aromatic heterocycles. The summed E-state index contributed by atoms with van der Waals surface area (Å²) in [7, 11) is 4.30. The molecule has 1 spiro atoms. The summed E-state index contributed by atoms with van der Waals surface area (Å²) < 4.78 is 6.01. The minimum atomic E-state index is 0.493. The van der Waals surface area contributed by atoms with Crippen molar-refractivity contribution in [2.75, 3.05) is 0 Å². The molecular formula is C11H18OS2. The lowest BCUT2D eigenvalue weighted by molar-refractivity contribution is 0.0243. The third kappa shape index (κ3) is 1.15. The number of hydrogen-bond donors (Lipinski definition) is 0. The van der Waals surface area contributed by atoms with Crippen molar-refractivity contribution in [3.63, 3.8) is 0 Å². The summed E-state index contributed by atoms with van der Waals surface area (Å²) >= 11 is 0. The molecule has 2 saturated heterocycles. The molecule has 4 unspecified atom stereocenters. The van der Waals surface area contributed by atoms with E-state index < -0.39 is 0 Å². The lowest BCUT2D eigenvalue weighted by Crippen LogP contribution is -2.45. The smallest absolute Gasteiger partial charge is 0.0629 e. The predicted octanol–water partition coefficient (Wildman–Crippen LogP) is 3.49. The van der Waals surface area contributed by atoms with Crippen molar-refractivity contribution >= 4 is 21.6 Å². The molecule has 3 aliphatic rings. The molecule has 3 heteroatoms. The highest BCUT2D eigenvalue weighted by molar-refractivity contribution is 8.77. The highest BCUT2D eigenvalue weighted by atomic mass is 33.1. The lowest BCUT2D eigenvalue weighted by Gasteiger charge is -2.41. The summed E-state index contributed by atoms with van der Waals surface area (Å²) in [4.78, 5) is 0. The van der Waals surface area contributed by atoms with Gasteiger partial charge in [-0.3, -0.25) is 0 Å². The fourth-order valence-electron chi connectivity index (χ4n) is 3.62. The summed E-state index contributed by atoms with van der Waals surface area (Å²) in [6, 6.07) is 0. The standard InChI is InChI=1S/C11H18OS2/c1-7-6-11(8(2)12-7)9-4-3-5-10(11)14-13-9/h7-10H,3-6H2,1-2H3. The van der Waals surface area contributed by atoms with E-state index in [1.807, 2.05) is 0 Å². The molecule has 0 amide bonds. The second-order valence-corrected chi connectivity index (χ2v) is 7.68. The molecule has 0 aromatic carbocycles. The van der Waals surface area contributed by atoms with Crippen molar-refractivity contribution < 1.29 is 4.74 Å². The molecule has 0 radical (unpaired) electrons. The zero-order valence-electron chi connectivity index (χ0n) is 8.86. The maximum atomic E-state index is 6.01. The van der Waals surface area contributed by atoms with Crippen LogP contribution in [0.25, 0.3) is 0 Å². The minimum Gasteiger partial charge on any atom is -0.375 e. The molecule has 0 N–H and O–H groups in total. The quantitative estimate of drug-likeness (QED) is 0.590. The average Bonchev–Trinajstić information content (AvgIpc) is 2.53. The van der Waals surface area contributed by atoms with E-state index in [1.54, 1.807) is 0 Å². The van der Waals surface area contributed by atoms with Gasteiger partial charge >= 0.3 is 0 Å². The third-order valence-electron chi connectivity index (χ3n) is 4.25. The largest absolute Gasteiger partial charge is 0.375 e. The first-order chi connectivity index (χ1) is 6.73.